The first kappa shape index (κ1) is 19.4. The van der Waals surface area contributed by atoms with Gasteiger partial charge in [0.1, 0.15) is 18.1 Å². The van der Waals surface area contributed by atoms with E-state index < -0.39 is 0 Å². The summed E-state index contributed by atoms with van der Waals surface area (Å²) in [6.07, 6.45) is 5.00. The minimum atomic E-state index is -0.0601. The summed E-state index contributed by atoms with van der Waals surface area (Å²) in [6.45, 7) is 5.03. The molecule has 0 radical (unpaired) electrons. The number of hydrogen-bond donors (Lipinski definition) is 0. The van der Waals surface area contributed by atoms with E-state index >= 15 is 0 Å². The SMILES string of the molecule is CCn1ncc(C(=O)/C=C/c2ccc(OC)c(COc3ccccc3)c2)c1C. The van der Waals surface area contributed by atoms with Crippen molar-refractivity contribution in [3.05, 3.63) is 83.2 Å². The largest absolute Gasteiger partial charge is 0.496 e. The molecule has 0 amide bonds. The summed E-state index contributed by atoms with van der Waals surface area (Å²) in [5.74, 6) is 1.48. The van der Waals surface area contributed by atoms with Crippen molar-refractivity contribution in [3.63, 3.8) is 0 Å². The second kappa shape index (κ2) is 9.04. The number of allylic oxidation sites excluding steroid dienone is 1. The van der Waals surface area contributed by atoms with Crippen molar-refractivity contribution >= 4 is 11.9 Å². The molecule has 28 heavy (non-hydrogen) atoms. The fraction of sp³-hybridized carbons (Fsp3) is 0.217. The highest BCUT2D eigenvalue weighted by Crippen LogP contribution is 2.23. The average Bonchev–Trinajstić information content (AvgIpc) is 3.11. The topological polar surface area (TPSA) is 53.4 Å². The summed E-state index contributed by atoms with van der Waals surface area (Å²) < 4.78 is 13.1. The van der Waals surface area contributed by atoms with Gasteiger partial charge in [0.2, 0.25) is 0 Å². The Morgan fingerprint density at radius 3 is 2.64 bits per heavy atom. The molecule has 0 unspecified atom stereocenters. The van der Waals surface area contributed by atoms with Crippen molar-refractivity contribution in [1.29, 1.82) is 0 Å². The molecular weight excluding hydrogens is 352 g/mol. The molecule has 144 valence electrons. The number of methoxy groups -OCH3 is 1. The monoisotopic (exact) mass is 376 g/mol. The predicted octanol–water partition coefficient (Wildman–Crippen LogP) is 4.70. The van der Waals surface area contributed by atoms with Gasteiger partial charge in [-0.05, 0) is 49.8 Å². The molecule has 0 fully saturated rings. The Bertz CT molecular complexity index is 975. The third kappa shape index (κ3) is 4.49. The molecule has 5 heteroatoms. The van der Waals surface area contributed by atoms with E-state index in [2.05, 4.69) is 5.10 Å². The summed E-state index contributed by atoms with van der Waals surface area (Å²) in [6, 6.07) is 15.4. The molecule has 0 atom stereocenters. The van der Waals surface area contributed by atoms with Gasteiger partial charge in [-0.1, -0.05) is 30.3 Å². The summed E-state index contributed by atoms with van der Waals surface area (Å²) >= 11 is 0. The van der Waals surface area contributed by atoms with E-state index in [0.29, 0.717) is 12.2 Å². The van der Waals surface area contributed by atoms with E-state index in [4.69, 9.17) is 9.47 Å². The fourth-order valence-corrected chi connectivity index (χ4v) is 2.96. The first-order chi connectivity index (χ1) is 13.6. The van der Waals surface area contributed by atoms with Gasteiger partial charge in [-0.25, -0.2) is 0 Å². The molecule has 0 aliphatic heterocycles. The second-order valence-corrected chi connectivity index (χ2v) is 6.33. The molecule has 2 aromatic carbocycles. The lowest BCUT2D eigenvalue weighted by atomic mass is 10.1. The van der Waals surface area contributed by atoms with Gasteiger partial charge in [-0.3, -0.25) is 9.48 Å². The van der Waals surface area contributed by atoms with Gasteiger partial charge < -0.3 is 9.47 Å². The van der Waals surface area contributed by atoms with Crippen LogP contribution in [0.5, 0.6) is 11.5 Å². The minimum Gasteiger partial charge on any atom is -0.496 e. The summed E-state index contributed by atoms with van der Waals surface area (Å²) in [7, 11) is 1.63. The van der Waals surface area contributed by atoms with Gasteiger partial charge >= 0.3 is 0 Å². The van der Waals surface area contributed by atoms with Crippen molar-refractivity contribution in [2.24, 2.45) is 0 Å². The lowest BCUT2D eigenvalue weighted by molar-refractivity contribution is 0.104. The second-order valence-electron chi connectivity index (χ2n) is 6.33. The van der Waals surface area contributed by atoms with Crippen LogP contribution in [-0.2, 0) is 13.2 Å². The van der Waals surface area contributed by atoms with Gasteiger partial charge in [0.25, 0.3) is 0 Å². The van der Waals surface area contributed by atoms with Crippen LogP contribution in [0.15, 0.2) is 60.8 Å². The highest BCUT2D eigenvalue weighted by atomic mass is 16.5. The number of ether oxygens (including phenoxy) is 2. The molecule has 5 nitrogen and oxygen atoms in total. The van der Waals surface area contributed by atoms with Crippen LogP contribution in [0.3, 0.4) is 0 Å². The first-order valence-corrected chi connectivity index (χ1v) is 9.22. The minimum absolute atomic E-state index is 0.0601. The van der Waals surface area contributed by atoms with Crippen LogP contribution in [0.25, 0.3) is 6.08 Å². The van der Waals surface area contributed by atoms with Crippen LogP contribution in [0.4, 0.5) is 0 Å². The van der Waals surface area contributed by atoms with Gasteiger partial charge in [-0.15, -0.1) is 0 Å². The Kier molecular flexibility index (Phi) is 6.27. The number of rotatable bonds is 8. The van der Waals surface area contributed by atoms with Gasteiger partial charge in [0, 0.05) is 17.8 Å². The number of para-hydroxylation sites is 1. The zero-order valence-electron chi connectivity index (χ0n) is 16.4. The van der Waals surface area contributed by atoms with E-state index in [9.17, 15) is 4.79 Å². The number of aryl methyl sites for hydroxylation is 1. The summed E-state index contributed by atoms with van der Waals surface area (Å²) in [5.41, 5.74) is 3.32. The normalized spacial score (nSPS) is 11.0. The Hall–Kier alpha value is -3.34. The zero-order chi connectivity index (χ0) is 19.9. The third-order valence-electron chi connectivity index (χ3n) is 4.54. The van der Waals surface area contributed by atoms with E-state index in [-0.39, 0.29) is 5.78 Å². The summed E-state index contributed by atoms with van der Waals surface area (Å²) in [4.78, 5) is 12.5. The van der Waals surface area contributed by atoms with Crippen LogP contribution < -0.4 is 9.47 Å². The smallest absolute Gasteiger partial charge is 0.189 e. The molecule has 0 saturated carbocycles. The van der Waals surface area contributed by atoms with Crippen molar-refractivity contribution in [2.45, 2.75) is 27.0 Å². The Labute approximate surface area is 165 Å². The fourth-order valence-electron chi connectivity index (χ4n) is 2.96. The standard InChI is InChI=1S/C23H24N2O3/c1-4-25-17(2)21(15-24-25)22(26)12-10-18-11-13-23(27-3)19(14-18)16-28-20-8-6-5-7-9-20/h5-15H,4,16H2,1-3H3/b12-10+. The molecule has 3 rings (SSSR count). The van der Waals surface area contributed by atoms with E-state index in [1.807, 2.05) is 67.1 Å². The van der Waals surface area contributed by atoms with Crippen molar-refractivity contribution < 1.29 is 14.3 Å². The number of benzene rings is 2. The number of hydrogen-bond acceptors (Lipinski definition) is 4. The number of carbonyl (C=O) groups is 1. The van der Waals surface area contributed by atoms with Gasteiger partial charge in [-0.2, -0.15) is 5.10 Å². The van der Waals surface area contributed by atoms with Gasteiger partial charge in [0.05, 0.1) is 18.9 Å². The quantitative estimate of drug-likeness (QED) is 0.423. The highest BCUT2D eigenvalue weighted by Gasteiger charge is 2.11. The number of ketones is 1. The van der Waals surface area contributed by atoms with Crippen LogP contribution in [0.1, 0.15) is 34.1 Å². The summed E-state index contributed by atoms with van der Waals surface area (Å²) in [5, 5.41) is 4.23. The Morgan fingerprint density at radius 2 is 1.96 bits per heavy atom. The third-order valence-corrected chi connectivity index (χ3v) is 4.54. The van der Waals surface area contributed by atoms with Gasteiger partial charge in [0.15, 0.2) is 5.78 Å². The Balaban J connectivity index is 1.75. The molecular formula is C23H24N2O3. The van der Waals surface area contributed by atoms with Crippen molar-refractivity contribution in [2.75, 3.05) is 7.11 Å². The molecule has 0 bridgehead atoms. The van der Waals surface area contributed by atoms with Crippen molar-refractivity contribution in [3.8, 4) is 11.5 Å². The molecule has 1 heterocycles. The number of nitrogens with zero attached hydrogens (tertiary/aromatic N) is 2. The van der Waals surface area contributed by atoms with Crippen LogP contribution in [-0.4, -0.2) is 22.7 Å². The zero-order valence-corrected chi connectivity index (χ0v) is 16.4. The van der Waals surface area contributed by atoms with Crippen molar-refractivity contribution in [1.82, 2.24) is 9.78 Å². The molecule has 0 saturated heterocycles. The average molecular weight is 376 g/mol. The van der Waals surface area contributed by atoms with Crippen LogP contribution >= 0.6 is 0 Å². The number of aromatic nitrogens is 2. The molecule has 3 aromatic rings. The molecule has 0 N–H and O–H groups in total. The van der Waals surface area contributed by atoms with E-state index in [0.717, 1.165) is 34.9 Å². The van der Waals surface area contributed by atoms with Crippen LogP contribution in [0, 0.1) is 6.92 Å². The molecule has 0 aliphatic rings. The van der Waals surface area contributed by atoms with Crippen LogP contribution in [0.2, 0.25) is 0 Å². The highest BCUT2D eigenvalue weighted by molar-refractivity contribution is 6.07. The van der Waals surface area contributed by atoms with E-state index in [1.165, 1.54) is 0 Å². The maximum atomic E-state index is 12.5. The molecule has 0 spiro atoms. The number of carbonyl (C=O) groups excluding carboxylic acids is 1. The molecule has 1 aromatic heterocycles. The van der Waals surface area contributed by atoms with E-state index in [1.54, 1.807) is 25.5 Å². The lowest BCUT2D eigenvalue weighted by Gasteiger charge is -2.11. The molecule has 0 aliphatic carbocycles. The lowest BCUT2D eigenvalue weighted by Crippen LogP contribution is -2.02. The maximum absolute atomic E-state index is 12.5. The Morgan fingerprint density at radius 1 is 1.18 bits per heavy atom. The predicted molar refractivity (Wildman–Crippen MR) is 110 cm³/mol. The first-order valence-electron chi connectivity index (χ1n) is 9.22. The maximum Gasteiger partial charge on any atom is 0.189 e.